The van der Waals surface area contributed by atoms with Crippen LogP contribution in [0.15, 0.2) is 18.2 Å². The molecule has 0 amide bonds. The summed E-state index contributed by atoms with van der Waals surface area (Å²) in [5.41, 5.74) is 0.354. The Kier molecular flexibility index (Phi) is 4.98. The minimum absolute atomic E-state index is 0.0958. The van der Waals surface area contributed by atoms with E-state index in [1.807, 2.05) is 0 Å². The van der Waals surface area contributed by atoms with E-state index in [-0.39, 0.29) is 23.9 Å². The Bertz CT molecular complexity index is 430. The number of hydrogen-bond donors (Lipinski definition) is 0. The third-order valence-corrected chi connectivity index (χ3v) is 4.65. The van der Waals surface area contributed by atoms with E-state index in [1.54, 1.807) is 12.1 Å². The van der Waals surface area contributed by atoms with Crippen LogP contribution in [0.4, 0.5) is 4.39 Å². The minimum atomic E-state index is -0.372. The van der Waals surface area contributed by atoms with Gasteiger partial charge in [0.25, 0.3) is 0 Å². The van der Waals surface area contributed by atoms with Crippen LogP contribution in [-0.2, 0) is 11.2 Å². The molecule has 0 N–H and O–H groups in total. The van der Waals surface area contributed by atoms with Gasteiger partial charge in [-0.3, -0.25) is 4.79 Å². The van der Waals surface area contributed by atoms with Crippen molar-refractivity contribution in [3.8, 4) is 0 Å². The molecule has 3 heteroatoms. The van der Waals surface area contributed by atoms with Gasteiger partial charge in [0.15, 0.2) is 0 Å². The van der Waals surface area contributed by atoms with Crippen LogP contribution < -0.4 is 0 Å². The Morgan fingerprint density at radius 1 is 1.32 bits per heavy atom. The van der Waals surface area contributed by atoms with Gasteiger partial charge in [0, 0.05) is 22.9 Å². The standard InChI is InChI=1S/C16H20ClFO/c1-2-11-6-8-12(9-7-11)16(19)10-13-14(17)4-3-5-15(13)18/h3-5,11-12H,2,6-10H2,1H3. The summed E-state index contributed by atoms with van der Waals surface area (Å²) in [6, 6.07) is 4.57. The molecule has 0 bridgehead atoms. The van der Waals surface area contributed by atoms with Crippen molar-refractivity contribution in [1.82, 2.24) is 0 Å². The summed E-state index contributed by atoms with van der Waals surface area (Å²) in [6.45, 7) is 2.20. The maximum absolute atomic E-state index is 13.7. The maximum atomic E-state index is 13.7. The highest BCUT2D eigenvalue weighted by Gasteiger charge is 2.26. The predicted octanol–water partition coefficient (Wildman–Crippen LogP) is 4.81. The van der Waals surface area contributed by atoms with E-state index in [4.69, 9.17) is 11.6 Å². The van der Waals surface area contributed by atoms with Crippen LogP contribution in [0.25, 0.3) is 0 Å². The topological polar surface area (TPSA) is 17.1 Å². The third kappa shape index (κ3) is 3.56. The molecule has 0 spiro atoms. The van der Waals surface area contributed by atoms with Crippen molar-refractivity contribution < 1.29 is 9.18 Å². The van der Waals surface area contributed by atoms with E-state index in [9.17, 15) is 9.18 Å². The molecule has 1 aromatic rings. The Morgan fingerprint density at radius 3 is 2.58 bits per heavy atom. The molecule has 0 aliphatic heterocycles. The molecule has 19 heavy (non-hydrogen) atoms. The second-order valence-electron chi connectivity index (χ2n) is 5.47. The van der Waals surface area contributed by atoms with Gasteiger partial charge in [0.2, 0.25) is 0 Å². The van der Waals surface area contributed by atoms with Crippen molar-refractivity contribution in [3.63, 3.8) is 0 Å². The molecule has 1 aliphatic rings. The lowest BCUT2D eigenvalue weighted by Crippen LogP contribution is -2.23. The summed E-state index contributed by atoms with van der Waals surface area (Å²) in [4.78, 5) is 12.2. The summed E-state index contributed by atoms with van der Waals surface area (Å²) in [5.74, 6) is 0.629. The first kappa shape index (κ1) is 14.5. The minimum Gasteiger partial charge on any atom is -0.299 e. The quantitative estimate of drug-likeness (QED) is 0.775. The number of hydrogen-bond acceptors (Lipinski definition) is 1. The van der Waals surface area contributed by atoms with Crippen molar-refractivity contribution in [2.24, 2.45) is 11.8 Å². The fourth-order valence-electron chi connectivity index (χ4n) is 2.91. The average molecular weight is 283 g/mol. The van der Waals surface area contributed by atoms with E-state index in [1.165, 1.54) is 12.5 Å². The smallest absolute Gasteiger partial charge is 0.140 e. The number of benzene rings is 1. The second-order valence-corrected chi connectivity index (χ2v) is 5.88. The second kappa shape index (κ2) is 6.51. The molecule has 1 aliphatic carbocycles. The highest BCUT2D eigenvalue weighted by molar-refractivity contribution is 6.31. The fraction of sp³-hybridized carbons (Fsp3) is 0.562. The van der Waals surface area contributed by atoms with Crippen molar-refractivity contribution in [2.45, 2.75) is 45.4 Å². The molecule has 0 atom stereocenters. The van der Waals surface area contributed by atoms with Gasteiger partial charge < -0.3 is 0 Å². The zero-order chi connectivity index (χ0) is 13.8. The first-order valence-electron chi connectivity index (χ1n) is 7.07. The lowest BCUT2D eigenvalue weighted by molar-refractivity contribution is -0.123. The van der Waals surface area contributed by atoms with Crippen molar-refractivity contribution >= 4 is 17.4 Å². The molecule has 0 aromatic heterocycles. The Morgan fingerprint density at radius 2 is 2.00 bits per heavy atom. The van der Waals surface area contributed by atoms with Crippen molar-refractivity contribution in [1.29, 1.82) is 0 Å². The highest BCUT2D eigenvalue weighted by atomic mass is 35.5. The molecule has 0 radical (unpaired) electrons. The van der Waals surface area contributed by atoms with Gasteiger partial charge in [0.1, 0.15) is 11.6 Å². The first-order valence-corrected chi connectivity index (χ1v) is 7.45. The number of carbonyl (C=O) groups is 1. The summed E-state index contributed by atoms with van der Waals surface area (Å²) in [5, 5.41) is 0.357. The molecular formula is C16H20ClFO. The van der Waals surface area contributed by atoms with Crippen molar-refractivity contribution in [2.75, 3.05) is 0 Å². The zero-order valence-electron chi connectivity index (χ0n) is 11.3. The summed E-state index contributed by atoms with van der Waals surface area (Å²) in [6.07, 6.45) is 5.47. The maximum Gasteiger partial charge on any atom is 0.140 e. The molecule has 0 unspecified atom stereocenters. The Labute approximate surface area is 119 Å². The van der Waals surface area contributed by atoms with E-state index in [0.717, 1.165) is 31.6 Å². The molecule has 0 heterocycles. The summed E-state index contributed by atoms with van der Waals surface area (Å²) < 4.78 is 13.7. The van der Waals surface area contributed by atoms with Gasteiger partial charge in [-0.15, -0.1) is 0 Å². The number of Topliss-reactive ketones (excluding diaryl/α,β-unsaturated/α-hetero) is 1. The molecule has 1 aromatic carbocycles. The first-order chi connectivity index (χ1) is 9.11. The van der Waals surface area contributed by atoms with Crippen molar-refractivity contribution in [3.05, 3.63) is 34.6 Å². The van der Waals surface area contributed by atoms with Crippen LogP contribution in [0.5, 0.6) is 0 Å². The van der Waals surface area contributed by atoms with E-state index in [2.05, 4.69) is 6.92 Å². The van der Waals surface area contributed by atoms with Gasteiger partial charge >= 0.3 is 0 Å². The van der Waals surface area contributed by atoms with Gasteiger partial charge in [-0.05, 0) is 43.7 Å². The Hall–Kier alpha value is -0.890. The Balaban J connectivity index is 1.98. The largest absolute Gasteiger partial charge is 0.299 e. The number of ketones is 1. The lowest BCUT2D eigenvalue weighted by atomic mass is 9.78. The predicted molar refractivity (Wildman–Crippen MR) is 75.9 cm³/mol. The number of rotatable bonds is 4. The molecule has 1 nitrogen and oxygen atoms in total. The molecular weight excluding hydrogens is 263 g/mol. The number of halogens is 2. The average Bonchev–Trinajstić information content (AvgIpc) is 2.43. The van der Waals surface area contributed by atoms with E-state index >= 15 is 0 Å². The molecule has 1 fully saturated rings. The van der Waals surface area contributed by atoms with Gasteiger partial charge in [-0.2, -0.15) is 0 Å². The van der Waals surface area contributed by atoms with Crippen LogP contribution in [0.2, 0.25) is 5.02 Å². The van der Waals surface area contributed by atoms with E-state index in [0.29, 0.717) is 10.6 Å². The normalized spacial score (nSPS) is 23.3. The monoisotopic (exact) mass is 282 g/mol. The van der Waals surface area contributed by atoms with Gasteiger partial charge in [-0.25, -0.2) is 4.39 Å². The third-order valence-electron chi connectivity index (χ3n) is 4.29. The van der Waals surface area contributed by atoms with Crippen LogP contribution in [0.1, 0.15) is 44.6 Å². The summed E-state index contributed by atoms with van der Waals surface area (Å²) >= 11 is 5.97. The van der Waals surface area contributed by atoms with Crippen LogP contribution in [-0.4, -0.2) is 5.78 Å². The van der Waals surface area contributed by atoms with E-state index < -0.39 is 0 Å². The highest BCUT2D eigenvalue weighted by Crippen LogP contribution is 2.32. The van der Waals surface area contributed by atoms with Gasteiger partial charge in [0.05, 0.1) is 0 Å². The SMILES string of the molecule is CCC1CCC(C(=O)Cc2c(F)cccc2Cl)CC1. The van der Waals surface area contributed by atoms with Gasteiger partial charge in [-0.1, -0.05) is 31.0 Å². The zero-order valence-corrected chi connectivity index (χ0v) is 12.0. The molecule has 2 rings (SSSR count). The lowest BCUT2D eigenvalue weighted by Gasteiger charge is -2.26. The fourth-order valence-corrected chi connectivity index (χ4v) is 3.14. The molecule has 0 saturated heterocycles. The number of carbonyl (C=O) groups excluding carboxylic acids is 1. The van der Waals surface area contributed by atoms with Crippen LogP contribution in [0.3, 0.4) is 0 Å². The van der Waals surface area contributed by atoms with Crippen LogP contribution >= 0.6 is 11.6 Å². The van der Waals surface area contributed by atoms with Crippen LogP contribution in [0, 0.1) is 17.7 Å². The summed E-state index contributed by atoms with van der Waals surface area (Å²) in [7, 11) is 0. The molecule has 1 saturated carbocycles. The molecule has 104 valence electrons.